The van der Waals surface area contributed by atoms with Crippen molar-refractivity contribution < 1.29 is 0 Å². The molecule has 1 N–H and O–H groups in total. The number of thiophene rings is 1. The van der Waals surface area contributed by atoms with Crippen LogP contribution in [-0.2, 0) is 0 Å². The van der Waals surface area contributed by atoms with Gasteiger partial charge in [0.05, 0.1) is 22.0 Å². The topological polar surface area (TPSA) is 72.7 Å². The van der Waals surface area contributed by atoms with E-state index in [1.54, 1.807) is 15.5 Å². The van der Waals surface area contributed by atoms with Gasteiger partial charge in [0, 0.05) is 21.5 Å². The number of nitrogens with one attached hydrogen (secondary N) is 1. The van der Waals surface area contributed by atoms with Crippen LogP contribution < -0.4 is 10.9 Å². The highest BCUT2D eigenvalue weighted by Gasteiger charge is 2.20. The highest BCUT2D eigenvalue weighted by atomic mass is 35.5. The number of thiazole rings is 1. The molecule has 5 rings (SSSR count). The van der Waals surface area contributed by atoms with Crippen LogP contribution in [0.5, 0.6) is 0 Å². The Kier molecular flexibility index (Phi) is 4.54. The van der Waals surface area contributed by atoms with E-state index in [9.17, 15) is 4.79 Å². The van der Waals surface area contributed by atoms with E-state index in [1.165, 1.54) is 29.0 Å². The second-order valence-electron chi connectivity index (χ2n) is 6.46. The largest absolute Gasteiger partial charge is 0.360 e. The van der Waals surface area contributed by atoms with Crippen molar-refractivity contribution in [3.05, 3.63) is 74.7 Å². The third-order valence-corrected chi connectivity index (χ3v) is 6.76. The van der Waals surface area contributed by atoms with Gasteiger partial charge < -0.3 is 5.32 Å². The summed E-state index contributed by atoms with van der Waals surface area (Å²) in [6.07, 6.45) is 1.52. The molecule has 4 aromatic heterocycles. The van der Waals surface area contributed by atoms with Crippen molar-refractivity contribution in [2.45, 2.75) is 13.0 Å². The van der Waals surface area contributed by atoms with Gasteiger partial charge in [0.25, 0.3) is 5.56 Å². The Labute approximate surface area is 178 Å². The summed E-state index contributed by atoms with van der Waals surface area (Å²) in [6, 6.07) is 11.4. The summed E-state index contributed by atoms with van der Waals surface area (Å²) in [5.74, 6) is 0.639. The molecule has 1 aromatic carbocycles. The predicted octanol–water partition coefficient (Wildman–Crippen LogP) is 5.28. The van der Waals surface area contributed by atoms with Gasteiger partial charge >= 0.3 is 0 Å². The third-order valence-electron chi connectivity index (χ3n) is 4.67. The smallest absolute Gasteiger partial charge is 0.265 e. The molecular weight excluding hydrogens is 426 g/mol. The number of benzene rings is 1. The van der Waals surface area contributed by atoms with Crippen LogP contribution in [0.1, 0.15) is 18.7 Å². The van der Waals surface area contributed by atoms with E-state index in [2.05, 4.69) is 20.3 Å². The number of hydrogen-bond donors (Lipinski definition) is 1. The monoisotopic (exact) mass is 439 g/mol. The summed E-state index contributed by atoms with van der Waals surface area (Å²) < 4.78 is 2.57. The molecule has 144 valence electrons. The fourth-order valence-electron chi connectivity index (χ4n) is 3.33. The Morgan fingerprint density at radius 2 is 1.97 bits per heavy atom. The van der Waals surface area contributed by atoms with Crippen molar-refractivity contribution in [3.8, 4) is 5.69 Å². The van der Waals surface area contributed by atoms with Gasteiger partial charge in [0.15, 0.2) is 5.82 Å². The van der Waals surface area contributed by atoms with Crippen LogP contribution in [0, 0.1) is 0 Å². The Hall–Kier alpha value is -2.81. The number of hydrogen-bond acceptors (Lipinski definition) is 7. The standard InChI is InChI=1S/C20H14ClN5OS2/c1-11(25-18-17-19(23-9-22-18)29-10-24-17)14-7-15-16(13(21)8-28-15)20(27)26(14)12-5-3-2-4-6-12/h2-11H,1H3,(H,22,23,25). The number of aromatic nitrogens is 4. The maximum absolute atomic E-state index is 13.4. The summed E-state index contributed by atoms with van der Waals surface area (Å²) in [6.45, 7) is 2.00. The molecule has 0 spiro atoms. The predicted molar refractivity (Wildman–Crippen MR) is 120 cm³/mol. The van der Waals surface area contributed by atoms with Crippen molar-refractivity contribution in [3.63, 3.8) is 0 Å². The number of para-hydroxylation sites is 1. The number of nitrogens with zero attached hydrogens (tertiary/aromatic N) is 4. The summed E-state index contributed by atoms with van der Waals surface area (Å²) in [5, 5.41) is 6.22. The van der Waals surface area contributed by atoms with E-state index in [-0.39, 0.29) is 11.6 Å². The first-order valence-electron chi connectivity index (χ1n) is 8.82. The number of halogens is 1. The molecule has 0 aliphatic carbocycles. The minimum Gasteiger partial charge on any atom is -0.360 e. The van der Waals surface area contributed by atoms with E-state index in [1.807, 2.05) is 43.3 Å². The van der Waals surface area contributed by atoms with Crippen molar-refractivity contribution in [1.29, 1.82) is 0 Å². The van der Waals surface area contributed by atoms with Crippen molar-refractivity contribution in [2.75, 3.05) is 5.32 Å². The van der Waals surface area contributed by atoms with Gasteiger partial charge in [-0.25, -0.2) is 15.0 Å². The Balaban J connectivity index is 1.69. The van der Waals surface area contributed by atoms with Gasteiger partial charge in [-0.2, -0.15) is 0 Å². The lowest BCUT2D eigenvalue weighted by molar-refractivity contribution is 0.774. The Bertz CT molecular complexity index is 1390. The third kappa shape index (κ3) is 3.09. The fourth-order valence-corrected chi connectivity index (χ4v) is 5.18. The number of pyridine rings is 1. The SMILES string of the molecule is CC(Nc1ncnc2scnc12)c1cc2scc(Cl)c2c(=O)n1-c1ccccc1. The van der Waals surface area contributed by atoms with Gasteiger partial charge in [-0.15, -0.1) is 22.7 Å². The van der Waals surface area contributed by atoms with E-state index >= 15 is 0 Å². The summed E-state index contributed by atoms with van der Waals surface area (Å²) in [7, 11) is 0. The van der Waals surface area contributed by atoms with Crippen LogP contribution in [0.4, 0.5) is 5.82 Å². The molecule has 0 amide bonds. The quantitative estimate of drug-likeness (QED) is 0.412. The number of rotatable bonds is 4. The molecule has 0 bridgehead atoms. The highest BCUT2D eigenvalue weighted by Crippen LogP contribution is 2.32. The zero-order chi connectivity index (χ0) is 20.0. The molecule has 0 radical (unpaired) electrons. The maximum Gasteiger partial charge on any atom is 0.265 e. The van der Waals surface area contributed by atoms with E-state index in [0.29, 0.717) is 16.2 Å². The van der Waals surface area contributed by atoms with Gasteiger partial charge in [-0.05, 0) is 25.1 Å². The van der Waals surface area contributed by atoms with Crippen LogP contribution in [0.2, 0.25) is 5.02 Å². The number of anilines is 1. The molecule has 0 aliphatic rings. The normalized spacial score (nSPS) is 12.5. The van der Waals surface area contributed by atoms with Gasteiger partial charge in [0.2, 0.25) is 0 Å². The van der Waals surface area contributed by atoms with Crippen molar-refractivity contribution >= 4 is 60.5 Å². The van der Waals surface area contributed by atoms with E-state index in [0.717, 1.165) is 26.4 Å². The van der Waals surface area contributed by atoms with E-state index in [4.69, 9.17) is 11.6 Å². The molecule has 0 aliphatic heterocycles. The van der Waals surface area contributed by atoms with Crippen LogP contribution in [0.15, 0.2) is 58.4 Å². The second-order valence-corrected chi connectivity index (χ2v) is 8.61. The zero-order valence-corrected chi connectivity index (χ0v) is 17.6. The van der Waals surface area contributed by atoms with Crippen molar-refractivity contribution in [2.24, 2.45) is 0 Å². The first-order chi connectivity index (χ1) is 14.1. The lowest BCUT2D eigenvalue weighted by atomic mass is 10.1. The summed E-state index contributed by atoms with van der Waals surface area (Å²) in [5.41, 5.74) is 3.93. The highest BCUT2D eigenvalue weighted by molar-refractivity contribution is 7.17. The molecule has 9 heteroatoms. The van der Waals surface area contributed by atoms with Crippen LogP contribution in [0.3, 0.4) is 0 Å². The average molecular weight is 440 g/mol. The average Bonchev–Trinajstić information content (AvgIpc) is 3.36. The molecule has 0 saturated heterocycles. The second kappa shape index (κ2) is 7.22. The van der Waals surface area contributed by atoms with Crippen LogP contribution >= 0.6 is 34.3 Å². The lowest BCUT2D eigenvalue weighted by Gasteiger charge is -2.20. The molecule has 4 heterocycles. The molecule has 6 nitrogen and oxygen atoms in total. The van der Waals surface area contributed by atoms with E-state index < -0.39 is 0 Å². The van der Waals surface area contributed by atoms with Gasteiger partial charge in [0.1, 0.15) is 16.7 Å². The minimum atomic E-state index is -0.215. The van der Waals surface area contributed by atoms with Crippen LogP contribution in [-0.4, -0.2) is 19.5 Å². The lowest BCUT2D eigenvalue weighted by Crippen LogP contribution is -2.25. The van der Waals surface area contributed by atoms with Crippen molar-refractivity contribution in [1.82, 2.24) is 19.5 Å². The zero-order valence-electron chi connectivity index (χ0n) is 15.2. The van der Waals surface area contributed by atoms with Gasteiger partial charge in [-0.3, -0.25) is 9.36 Å². The molecule has 5 aromatic rings. The van der Waals surface area contributed by atoms with Gasteiger partial charge in [-0.1, -0.05) is 29.8 Å². The summed E-state index contributed by atoms with van der Waals surface area (Å²) in [4.78, 5) is 27.2. The fraction of sp³-hybridized carbons (Fsp3) is 0.100. The Morgan fingerprint density at radius 3 is 2.79 bits per heavy atom. The Morgan fingerprint density at radius 1 is 1.14 bits per heavy atom. The molecule has 1 unspecified atom stereocenters. The van der Waals surface area contributed by atoms with Crippen LogP contribution in [0.25, 0.3) is 26.1 Å². The maximum atomic E-state index is 13.4. The molecular formula is C20H14ClN5OS2. The molecule has 0 fully saturated rings. The molecule has 0 saturated carbocycles. The summed E-state index contributed by atoms with van der Waals surface area (Å²) >= 11 is 9.23. The molecule has 1 atom stereocenters. The number of fused-ring (bicyclic) bond motifs is 2. The first-order valence-corrected chi connectivity index (χ1v) is 11.0. The minimum absolute atomic E-state index is 0.134. The first kappa shape index (κ1) is 18.2. The molecule has 29 heavy (non-hydrogen) atoms.